The Morgan fingerprint density at radius 3 is 2.80 bits per heavy atom. The summed E-state index contributed by atoms with van der Waals surface area (Å²) in [4.78, 5) is 22.5. The van der Waals surface area contributed by atoms with E-state index in [2.05, 4.69) is 22.2 Å². The maximum Gasteiger partial charge on any atom is 0.161 e. The van der Waals surface area contributed by atoms with Crippen LogP contribution in [0.4, 0.5) is 0 Å². The number of nitrogens with one attached hydrogen (secondary N) is 1. The first-order valence-electron chi connectivity index (χ1n) is 10.5. The topological polar surface area (TPSA) is 97.1 Å². The molecule has 0 bridgehead atoms. The fourth-order valence-corrected chi connectivity index (χ4v) is 6.38. The van der Waals surface area contributed by atoms with Gasteiger partial charge in [0.2, 0.25) is 0 Å². The number of aliphatic hydroxyl groups is 1. The van der Waals surface area contributed by atoms with Crippen LogP contribution < -0.4 is 5.32 Å². The summed E-state index contributed by atoms with van der Waals surface area (Å²) >= 11 is 3.22. The predicted molar refractivity (Wildman–Crippen MR) is 119 cm³/mol. The van der Waals surface area contributed by atoms with Gasteiger partial charge in [-0.2, -0.15) is 0 Å². The van der Waals surface area contributed by atoms with Crippen LogP contribution in [-0.2, 0) is 19.2 Å². The van der Waals surface area contributed by atoms with E-state index in [0.717, 1.165) is 23.2 Å². The molecule has 4 heterocycles. The van der Waals surface area contributed by atoms with Gasteiger partial charge in [-0.25, -0.2) is 9.78 Å². The molecule has 9 atom stereocenters. The van der Waals surface area contributed by atoms with Crippen molar-refractivity contribution in [3.63, 3.8) is 0 Å². The highest BCUT2D eigenvalue weighted by Gasteiger charge is 2.46. The van der Waals surface area contributed by atoms with Crippen molar-refractivity contribution >= 4 is 33.9 Å². The number of amidine groups is 2. The fraction of sp³-hybridized carbons (Fsp3) is 0.895. The maximum absolute atomic E-state index is 10.6. The lowest BCUT2D eigenvalue weighted by Crippen LogP contribution is -2.51. The van der Waals surface area contributed by atoms with E-state index in [1.807, 2.05) is 25.9 Å². The summed E-state index contributed by atoms with van der Waals surface area (Å²) in [6.45, 7) is 3.96. The minimum Gasteiger partial charge on any atom is -0.390 e. The first kappa shape index (κ1) is 22.6. The van der Waals surface area contributed by atoms with Crippen molar-refractivity contribution in [3.8, 4) is 0 Å². The summed E-state index contributed by atoms with van der Waals surface area (Å²) in [5.41, 5.74) is -0.0490. The van der Waals surface area contributed by atoms with E-state index in [0.29, 0.717) is 6.42 Å². The van der Waals surface area contributed by atoms with E-state index in [1.165, 1.54) is 0 Å². The van der Waals surface area contributed by atoms with Gasteiger partial charge in [0.15, 0.2) is 10.3 Å². The third-order valence-corrected chi connectivity index (χ3v) is 8.36. The van der Waals surface area contributed by atoms with Gasteiger partial charge < -0.3 is 24.8 Å². The number of thioether (sulfide) groups is 2. The van der Waals surface area contributed by atoms with Crippen molar-refractivity contribution < 1.29 is 24.4 Å². The number of ether oxygens (including phenoxy) is 2. The quantitative estimate of drug-likeness (QED) is 0.466. The van der Waals surface area contributed by atoms with Crippen LogP contribution in [0.2, 0.25) is 0 Å². The van der Waals surface area contributed by atoms with Crippen LogP contribution >= 0.6 is 23.5 Å². The number of hydrogen-bond acceptors (Lipinski definition) is 10. The molecule has 30 heavy (non-hydrogen) atoms. The lowest BCUT2D eigenvalue weighted by atomic mass is 9.98. The van der Waals surface area contributed by atoms with Gasteiger partial charge >= 0.3 is 0 Å². The van der Waals surface area contributed by atoms with Crippen LogP contribution in [0, 0.1) is 0 Å². The minimum absolute atomic E-state index is 0.0275. The number of hydrogen-bond donors (Lipinski definition) is 2. The Morgan fingerprint density at radius 1 is 1.30 bits per heavy atom. The third-order valence-electron chi connectivity index (χ3n) is 5.82. The van der Waals surface area contributed by atoms with Crippen molar-refractivity contribution in [1.82, 2.24) is 10.2 Å². The van der Waals surface area contributed by atoms with Crippen LogP contribution in [-0.4, -0.2) is 95.0 Å². The van der Waals surface area contributed by atoms with E-state index in [-0.39, 0.29) is 35.2 Å². The van der Waals surface area contributed by atoms with Crippen molar-refractivity contribution in [2.75, 3.05) is 21.1 Å². The van der Waals surface area contributed by atoms with Gasteiger partial charge in [-0.05, 0) is 13.3 Å². The minimum atomic E-state index is -0.652. The number of aliphatic imine (C=N–C) groups is 2. The van der Waals surface area contributed by atoms with Crippen molar-refractivity contribution in [3.05, 3.63) is 0 Å². The zero-order valence-corrected chi connectivity index (χ0v) is 19.7. The Balaban J connectivity index is 1.31. The maximum atomic E-state index is 10.6. The molecular weight excluding hydrogens is 428 g/mol. The summed E-state index contributed by atoms with van der Waals surface area (Å²) < 4.78 is 12.4. The van der Waals surface area contributed by atoms with Crippen LogP contribution in [0.25, 0.3) is 0 Å². The number of fused-ring (bicyclic) bond motifs is 2. The Morgan fingerprint density at radius 2 is 2.10 bits per heavy atom. The SMILES string of the molecule is CC[C@H]1O[C@@H]2SC(=NC)N[C@@H]2C[C@H]1OO[C@@H](C)[C@H]1O[C@@H]2SC(N(C)C)=N[C@@H]2C[C@@H]1O. The number of rotatable bonds is 5. The number of nitrogens with zero attached hydrogens (tertiary/aromatic N) is 3. The summed E-state index contributed by atoms with van der Waals surface area (Å²) in [7, 11) is 5.70. The van der Waals surface area contributed by atoms with Gasteiger partial charge in [0.05, 0.1) is 24.3 Å². The predicted octanol–water partition coefficient (Wildman–Crippen LogP) is 1.42. The molecule has 0 radical (unpaired) electrons. The van der Waals surface area contributed by atoms with E-state index in [4.69, 9.17) is 19.2 Å². The summed E-state index contributed by atoms with van der Waals surface area (Å²) in [5, 5.41) is 15.8. The fourth-order valence-electron chi connectivity index (χ4n) is 4.17. The second-order valence-electron chi connectivity index (χ2n) is 8.28. The smallest absolute Gasteiger partial charge is 0.161 e. The average molecular weight is 461 g/mol. The standard InChI is InChI=1S/C19H32N4O5S2/c1-6-13-14(8-11-16(25-13)29-18(20-3)21-11)28-27-9(2)15-12(24)7-10-17(26-15)30-19(22-10)23(4)5/h9-17,24H,6-8H2,1-5H3,(H,20,21)/t9-,10+,11+,12-,13+,14+,15+,16+,17+/m0/s1. The molecule has 0 aromatic heterocycles. The van der Waals surface area contributed by atoms with Gasteiger partial charge in [0.1, 0.15) is 29.2 Å². The molecule has 0 aliphatic carbocycles. The molecular formula is C19H32N4O5S2. The summed E-state index contributed by atoms with van der Waals surface area (Å²) in [6.07, 6.45) is 0.385. The molecule has 170 valence electrons. The van der Waals surface area contributed by atoms with Gasteiger partial charge in [-0.15, -0.1) is 0 Å². The second-order valence-corrected chi connectivity index (χ2v) is 10.4. The lowest BCUT2D eigenvalue weighted by molar-refractivity contribution is -0.386. The molecule has 4 aliphatic heterocycles. The van der Waals surface area contributed by atoms with Crippen LogP contribution in [0.5, 0.6) is 0 Å². The Bertz CT molecular complexity index is 681. The molecule has 0 saturated carbocycles. The van der Waals surface area contributed by atoms with Crippen LogP contribution in [0.1, 0.15) is 33.1 Å². The molecule has 0 unspecified atom stereocenters. The monoisotopic (exact) mass is 460 g/mol. The molecule has 9 nitrogen and oxygen atoms in total. The zero-order valence-electron chi connectivity index (χ0n) is 18.1. The van der Waals surface area contributed by atoms with Gasteiger partial charge in [0, 0.05) is 34.0 Å². The van der Waals surface area contributed by atoms with Crippen molar-refractivity contribution in [2.24, 2.45) is 9.98 Å². The van der Waals surface area contributed by atoms with Crippen LogP contribution in [0.3, 0.4) is 0 Å². The molecule has 3 saturated heterocycles. The second kappa shape index (κ2) is 9.51. The summed E-state index contributed by atoms with van der Waals surface area (Å²) in [5.74, 6) is 0. The first-order chi connectivity index (χ1) is 14.4. The molecule has 0 spiro atoms. The lowest BCUT2D eigenvalue weighted by Gasteiger charge is -2.39. The van der Waals surface area contributed by atoms with Crippen molar-refractivity contribution in [2.45, 2.75) is 86.6 Å². The largest absolute Gasteiger partial charge is 0.390 e. The Labute approximate surface area is 186 Å². The molecule has 0 amide bonds. The van der Waals surface area contributed by atoms with Gasteiger partial charge in [-0.1, -0.05) is 30.4 Å². The molecule has 0 aromatic rings. The highest BCUT2D eigenvalue weighted by atomic mass is 32.2. The number of aliphatic hydroxyl groups excluding tert-OH is 1. The van der Waals surface area contributed by atoms with Crippen LogP contribution in [0.15, 0.2) is 9.98 Å². The van der Waals surface area contributed by atoms with E-state index < -0.39 is 18.3 Å². The van der Waals surface area contributed by atoms with E-state index in [1.54, 1.807) is 30.6 Å². The molecule has 11 heteroatoms. The Hall–Kier alpha value is -0.560. The molecule has 2 N–H and O–H groups in total. The van der Waals surface area contributed by atoms with Gasteiger partial charge in [0.25, 0.3) is 0 Å². The molecule has 4 rings (SSSR count). The normalized spacial score (nSPS) is 43.0. The highest BCUT2D eigenvalue weighted by molar-refractivity contribution is 8.14. The van der Waals surface area contributed by atoms with Gasteiger partial charge in [-0.3, -0.25) is 9.98 Å². The zero-order chi connectivity index (χ0) is 21.4. The Kier molecular flexibility index (Phi) is 7.18. The summed E-state index contributed by atoms with van der Waals surface area (Å²) in [6, 6.07) is 0.120. The molecule has 4 aliphatic rings. The molecule has 3 fully saturated rings. The first-order valence-corrected chi connectivity index (χ1v) is 12.3. The van der Waals surface area contributed by atoms with E-state index in [9.17, 15) is 5.11 Å². The molecule has 0 aromatic carbocycles. The highest BCUT2D eigenvalue weighted by Crippen LogP contribution is 2.39. The van der Waals surface area contributed by atoms with Crippen molar-refractivity contribution in [1.29, 1.82) is 0 Å². The third kappa shape index (κ3) is 4.62. The average Bonchev–Trinajstić information content (AvgIpc) is 3.33. The van der Waals surface area contributed by atoms with E-state index >= 15 is 0 Å².